The molecule has 0 radical (unpaired) electrons. The molecule has 2 N–H and O–H groups in total. The fourth-order valence-electron chi connectivity index (χ4n) is 1.68. The molecule has 1 fully saturated rings. The number of amides is 1. The van der Waals surface area contributed by atoms with Crippen LogP contribution in [0.2, 0.25) is 0 Å². The molecule has 0 aliphatic carbocycles. The van der Waals surface area contributed by atoms with Gasteiger partial charge in [-0.25, -0.2) is 0 Å². The Bertz CT molecular complexity index is 550. The van der Waals surface area contributed by atoms with Gasteiger partial charge < -0.3 is 5.32 Å². The maximum Gasteiger partial charge on any atom is 0.243 e. The number of rotatable bonds is 3. The molecule has 2 aromatic rings. The van der Waals surface area contributed by atoms with Gasteiger partial charge in [0.05, 0.1) is 6.04 Å². The summed E-state index contributed by atoms with van der Waals surface area (Å²) in [7, 11) is 0. The van der Waals surface area contributed by atoms with Crippen molar-refractivity contribution in [2.45, 2.75) is 12.5 Å². The predicted octanol–water partition coefficient (Wildman–Crippen LogP) is 1.51. The third-order valence-corrected chi connectivity index (χ3v) is 3.46. The topological polar surface area (TPSA) is 66.9 Å². The number of nitrogens with zero attached hydrogens (tertiary/aromatic N) is 2. The van der Waals surface area contributed by atoms with E-state index < -0.39 is 0 Å². The van der Waals surface area contributed by atoms with E-state index in [0.29, 0.717) is 11.0 Å². The lowest BCUT2D eigenvalue weighted by Gasteiger charge is -2.25. The molecule has 0 saturated carbocycles. The van der Waals surface area contributed by atoms with E-state index >= 15 is 0 Å². The van der Waals surface area contributed by atoms with E-state index in [0.717, 1.165) is 18.5 Å². The van der Waals surface area contributed by atoms with Gasteiger partial charge in [0.2, 0.25) is 11.0 Å². The molecule has 1 aromatic carbocycles. The van der Waals surface area contributed by atoms with Crippen LogP contribution in [0.15, 0.2) is 30.3 Å². The van der Waals surface area contributed by atoms with E-state index in [2.05, 4.69) is 20.0 Å². The van der Waals surface area contributed by atoms with Crippen LogP contribution in [0.25, 0.3) is 11.4 Å². The van der Waals surface area contributed by atoms with Gasteiger partial charge >= 0.3 is 0 Å². The molecule has 3 rings (SSSR count). The minimum atomic E-state index is -0.0749. The van der Waals surface area contributed by atoms with Crippen LogP contribution in [-0.4, -0.2) is 27.9 Å². The SMILES string of the molecule is O=C(Nc1nc(-c2ccccc2)ns1)C1CCN1. The van der Waals surface area contributed by atoms with Crippen molar-refractivity contribution in [1.29, 1.82) is 0 Å². The zero-order valence-electron chi connectivity index (χ0n) is 9.59. The number of anilines is 1. The molecule has 2 heterocycles. The lowest BCUT2D eigenvalue weighted by Crippen LogP contribution is -2.50. The van der Waals surface area contributed by atoms with E-state index in [9.17, 15) is 4.79 Å². The molecule has 1 unspecified atom stereocenters. The molecule has 1 aliphatic heterocycles. The monoisotopic (exact) mass is 260 g/mol. The Morgan fingerprint density at radius 3 is 2.83 bits per heavy atom. The van der Waals surface area contributed by atoms with Crippen molar-refractivity contribution in [3.63, 3.8) is 0 Å². The van der Waals surface area contributed by atoms with Crippen molar-refractivity contribution in [2.75, 3.05) is 11.9 Å². The van der Waals surface area contributed by atoms with E-state index in [1.54, 1.807) is 0 Å². The highest BCUT2D eigenvalue weighted by molar-refractivity contribution is 7.10. The van der Waals surface area contributed by atoms with Crippen LogP contribution in [0.4, 0.5) is 5.13 Å². The Labute approximate surface area is 108 Å². The summed E-state index contributed by atoms with van der Waals surface area (Å²) in [6.45, 7) is 0.906. The van der Waals surface area contributed by atoms with E-state index in [-0.39, 0.29) is 11.9 Å². The quantitative estimate of drug-likeness (QED) is 0.877. The summed E-state index contributed by atoms with van der Waals surface area (Å²) in [5, 5.41) is 6.37. The van der Waals surface area contributed by atoms with Crippen molar-refractivity contribution in [3.05, 3.63) is 30.3 Å². The van der Waals surface area contributed by atoms with Crippen molar-refractivity contribution in [3.8, 4) is 11.4 Å². The zero-order chi connectivity index (χ0) is 12.4. The summed E-state index contributed by atoms with van der Waals surface area (Å²) in [5.41, 5.74) is 0.955. The third kappa shape index (κ3) is 2.25. The molecule has 0 bridgehead atoms. The minimum absolute atomic E-state index is 0.0305. The van der Waals surface area contributed by atoms with Crippen LogP contribution < -0.4 is 10.6 Å². The van der Waals surface area contributed by atoms with Gasteiger partial charge in [-0.2, -0.15) is 9.36 Å². The molecule has 1 aliphatic rings. The fourth-order valence-corrected chi connectivity index (χ4v) is 2.28. The minimum Gasteiger partial charge on any atom is -0.306 e. The Kier molecular flexibility index (Phi) is 3.04. The molecular weight excluding hydrogens is 248 g/mol. The second-order valence-corrected chi connectivity index (χ2v) is 4.83. The van der Waals surface area contributed by atoms with Gasteiger partial charge in [0.1, 0.15) is 0 Å². The van der Waals surface area contributed by atoms with Crippen LogP contribution in [0.5, 0.6) is 0 Å². The highest BCUT2D eigenvalue weighted by Gasteiger charge is 2.25. The molecule has 6 heteroatoms. The first-order valence-electron chi connectivity index (χ1n) is 5.76. The summed E-state index contributed by atoms with van der Waals surface area (Å²) < 4.78 is 4.24. The normalized spacial score (nSPS) is 18.1. The first kappa shape index (κ1) is 11.3. The summed E-state index contributed by atoms with van der Waals surface area (Å²) in [5.74, 6) is 0.620. The largest absolute Gasteiger partial charge is 0.306 e. The Morgan fingerprint density at radius 2 is 2.17 bits per heavy atom. The molecular formula is C12H12N4OS. The summed E-state index contributed by atoms with van der Waals surface area (Å²) in [4.78, 5) is 16.0. The number of benzene rings is 1. The van der Waals surface area contributed by atoms with Crippen LogP contribution in [0, 0.1) is 0 Å². The average Bonchev–Trinajstić information content (AvgIpc) is 2.76. The maximum atomic E-state index is 11.7. The average molecular weight is 260 g/mol. The van der Waals surface area contributed by atoms with Gasteiger partial charge in [-0.3, -0.25) is 10.1 Å². The molecule has 92 valence electrons. The smallest absolute Gasteiger partial charge is 0.243 e. The van der Waals surface area contributed by atoms with Crippen molar-refractivity contribution in [2.24, 2.45) is 0 Å². The van der Waals surface area contributed by atoms with Crippen LogP contribution in [0.3, 0.4) is 0 Å². The second-order valence-electron chi connectivity index (χ2n) is 4.07. The summed E-state index contributed by atoms with van der Waals surface area (Å²) >= 11 is 1.20. The summed E-state index contributed by atoms with van der Waals surface area (Å²) in [6, 6.07) is 9.64. The highest BCUT2D eigenvalue weighted by Crippen LogP contribution is 2.21. The van der Waals surface area contributed by atoms with Crippen molar-refractivity contribution in [1.82, 2.24) is 14.7 Å². The number of hydrogen-bond acceptors (Lipinski definition) is 5. The van der Waals surface area contributed by atoms with E-state index in [1.807, 2.05) is 30.3 Å². The number of carbonyl (C=O) groups is 1. The number of carbonyl (C=O) groups excluding carboxylic acids is 1. The number of aromatic nitrogens is 2. The second kappa shape index (κ2) is 4.83. The van der Waals surface area contributed by atoms with Gasteiger partial charge in [0.15, 0.2) is 5.82 Å². The summed E-state index contributed by atoms with van der Waals surface area (Å²) in [6.07, 6.45) is 0.885. The number of hydrogen-bond donors (Lipinski definition) is 2. The molecule has 0 spiro atoms. The third-order valence-electron chi connectivity index (χ3n) is 2.83. The zero-order valence-corrected chi connectivity index (χ0v) is 10.4. The molecule has 5 nitrogen and oxygen atoms in total. The molecule has 1 saturated heterocycles. The van der Waals surface area contributed by atoms with Gasteiger partial charge in [-0.1, -0.05) is 30.3 Å². The Balaban J connectivity index is 1.71. The van der Waals surface area contributed by atoms with Gasteiger partial charge in [0, 0.05) is 17.1 Å². The van der Waals surface area contributed by atoms with Gasteiger partial charge in [0.25, 0.3) is 0 Å². The standard InChI is InChI=1S/C12H12N4OS/c17-11(9-6-7-13-9)15-12-14-10(16-18-12)8-4-2-1-3-5-8/h1-5,9,13H,6-7H2,(H,14,15,16,17). The molecule has 18 heavy (non-hydrogen) atoms. The van der Waals surface area contributed by atoms with Gasteiger partial charge in [-0.05, 0) is 13.0 Å². The van der Waals surface area contributed by atoms with E-state index in [4.69, 9.17) is 0 Å². The predicted molar refractivity (Wildman–Crippen MR) is 70.4 cm³/mol. The maximum absolute atomic E-state index is 11.7. The van der Waals surface area contributed by atoms with Crippen LogP contribution >= 0.6 is 11.5 Å². The molecule has 1 aromatic heterocycles. The van der Waals surface area contributed by atoms with Gasteiger partial charge in [-0.15, -0.1) is 0 Å². The van der Waals surface area contributed by atoms with Crippen LogP contribution in [0.1, 0.15) is 6.42 Å². The lowest BCUT2D eigenvalue weighted by atomic mass is 10.1. The Morgan fingerprint density at radius 1 is 1.39 bits per heavy atom. The van der Waals surface area contributed by atoms with Crippen molar-refractivity contribution < 1.29 is 4.79 Å². The van der Waals surface area contributed by atoms with Crippen molar-refractivity contribution >= 4 is 22.6 Å². The number of nitrogens with one attached hydrogen (secondary N) is 2. The Hall–Kier alpha value is -1.79. The van der Waals surface area contributed by atoms with Crippen LogP contribution in [-0.2, 0) is 4.79 Å². The lowest BCUT2D eigenvalue weighted by molar-refractivity contribution is -0.119. The first-order chi connectivity index (χ1) is 8.83. The molecule has 1 atom stereocenters. The van der Waals surface area contributed by atoms with E-state index in [1.165, 1.54) is 11.5 Å². The molecule has 1 amide bonds. The highest BCUT2D eigenvalue weighted by atomic mass is 32.1. The first-order valence-corrected chi connectivity index (χ1v) is 6.53. The fraction of sp³-hybridized carbons (Fsp3) is 0.250.